The van der Waals surface area contributed by atoms with Gasteiger partial charge in [-0.05, 0) is 86.0 Å². The maximum Gasteiger partial charge on any atom is 0.226 e. The number of carbonyl (C=O) groups excluding carboxylic acids is 1. The fourth-order valence-electron chi connectivity index (χ4n) is 6.09. The number of aromatic nitrogens is 1. The summed E-state index contributed by atoms with van der Waals surface area (Å²) in [6.45, 7) is 0. The van der Waals surface area contributed by atoms with Crippen LogP contribution in [0.1, 0.15) is 44.9 Å². The van der Waals surface area contributed by atoms with Crippen molar-refractivity contribution in [3.8, 4) is 11.3 Å². The van der Waals surface area contributed by atoms with Gasteiger partial charge in [-0.15, -0.1) is 11.3 Å². The van der Waals surface area contributed by atoms with Crippen LogP contribution in [-0.2, 0) is 4.79 Å². The molecular weight excluding hydrogens is 347 g/mol. The molecule has 1 aromatic carbocycles. The van der Waals surface area contributed by atoms with Gasteiger partial charge >= 0.3 is 0 Å². The predicted octanol–water partition coefficient (Wildman–Crippen LogP) is 5.49. The first-order valence-corrected chi connectivity index (χ1v) is 10.5. The Labute approximate surface area is 157 Å². The Balaban J connectivity index is 1.26. The number of carbonyl (C=O) groups is 1. The van der Waals surface area contributed by atoms with Gasteiger partial charge in [-0.1, -0.05) is 0 Å². The molecule has 5 heteroatoms. The Bertz CT molecular complexity index is 794. The normalized spacial score (nSPS) is 32.0. The molecule has 0 saturated heterocycles. The first-order chi connectivity index (χ1) is 12.6. The Hall–Kier alpha value is -1.75. The molecule has 26 heavy (non-hydrogen) atoms. The van der Waals surface area contributed by atoms with Gasteiger partial charge in [-0.3, -0.25) is 4.79 Å². The molecule has 6 rings (SSSR count). The molecule has 136 valence electrons. The third-order valence-electron chi connectivity index (χ3n) is 6.59. The molecular formula is C21H23FN2OS. The topological polar surface area (TPSA) is 42.0 Å². The van der Waals surface area contributed by atoms with E-state index in [0.29, 0.717) is 11.6 Å². The molecule has 1 N–H and O–H groups in total. The minimum absolute atomic E-state index is 0.104. The minimum atomic E-state index is -0.256. The average Bonchev–Trinajstić information content (AvgIpc) is 3.02. The number of hydrogen-bond acceptors (Lipinski definition) is 3. The lowest BCUT2D eigenvalue weighted by Gasteiger charge is -2.56. The highest BCUT2D eigenvalue weighted by atomic mass is 32.1. The van der Waals surface area contributed by atoms with E-state index >= 15 is 0 Å². The van der Waals surface area contributed by atoms with Crippen LogP contribution in [0.25, 0.3) is 11.3 Å². The van der Waals surface area contributed by atoms with Crippen LogP contribution in [0.2, 0.25) is 0 Å². The van der Waals surface area contributed by atoms with Gasteiger partial charge < -0.3 is 5.32 Å². The molecule has 0 atom stereocenters. The van der Waals surface area contributed by atoms with Crippen molar-refractivity contribution in [2.75, 3.05) is 5.32 Å². The molecule has 0 aliphatic heterocycles. The van der Waals surface area contributed by atoms with Gasteiger partial charge in [0.25, 0.3) is 0 Å². The summed E-state index contributed by atoms with van der Waals surface area (Å²) in [6, 6.07) is 6.29. The zero-order chi connectivity index (χ0) is 17.7. The second kappa shape index (κ2) is 6.15. The number of amides is 1. The highest BCUT2D eigenvalue weighted by Crippen LogP contribution is 2.61. The summed E-state index contributed by atoms with van der Waals surface area (Å²) in [5.41, 5.74) is 1.89. The quantitative estimate of drug-likeness (QED) is 0.773. The van der Waals surface area contributed by atoms with E-state index in [1.807, 2.05) is 5.38 Å². The monoisotopic (exact) mass is 370 g/mol. The van der Waals surface area contributed by atoms with E-state index in [4.69, 9.17) is 0 Å². The standard InChI is InChI=1S/C21H23FN2OS/c22-17-3-1-16(2-4-17)18-12-26-20(23-18)24-19(25)11-21-8-13-5-14(9-21)7-15(6-13)10-21/h1-4,12-15H,5-11H2,(H,23,24,25). The van der Waals surface area contributed by atoms with E-state index in [2.05, 4.69) is 10.3 Å². The van der Waals surface area contributed by atoms with Gasteiger partial charge in [0.05, 0.1) is 5.69 Å². The van der Waals surface area contributed by atoms with Crippen LogP contribution < -0.4 is 5.32 Å². The number of nitrogens with one attached hydrogen (secondary N) is 1. The lowest BCUT2D eigenvalue weighted by Crippen LogP contribution is -2.47. The van der Waals surface area contributed by atoms with E-state index in [0.717, 1.165) is 29.0 Å². The van der Waals surface area contributed by atoms with Crippen LogP contribution >= 0.6 is 11.3 Å². The molecule has 0 spiro atoms. The van der Waals surface area contributed by atoms with Crippen LogP contribution in [0, 0.1) is 29.0 Å². The summed E-state index contributed by atoms with van der Waals surface area (Å²) in [5.74, 6) is 2.43. The zero-order valence-electron chi connectivity index (χ0n) is 14.7. The first kappa shape index (κ1) is 16.4. The maximum absolute atomic E-state index is 13.1. The number of rotatable bonds is 4. The molecule has 4 aliphatic rings. The lowest BCUT2D eigenvalue weighted by atomic mass is 9.49. The van der Waals surface area contributed by atoms with E-state index in [-0.39, 0.29) is 17.1 Å². The molecule has 4 fully saturated rings. The molecule has 4 bridgehead atoms. The van der Waals surface area contributed by atoms with Gasteiger partial charge in [0.1, 0.15) is 5.82 Å². The van der Waals surface area contributed by atoms with Crippen LogP contribution in [0.3, 0.4) is 0 Å². The summed E-state index contributed by atoms with van der Waals surface area (Å²) in [4.78, 5) is 17.2. The number of anilines is 1. The third kappa shape index (κ3) is 3.07. The van der Waals surface area contributed by atoms with Gasteiger partial charge in [0.15, 0.2) is 5.13 Å². The predicted molar refractivity (Wildman–Crippen MR) is 101 cm³/mol. The van der Waals surface area contributed by atoms with E-state index < -0.39 is 0 Å². The van der Waals surface area contributed by atoms with Crippen molar-refractivity contribution < 1.29 is 9.18 Å². The molecule has 2 aromatic rings. The van der Waals surface area contributed by atoms with Crippen molar-refractivity contribution in [3.05, 3.63) is 35.5 Å². The highest BCUT2D eigenvalue weighted by Gasteiger charge is 2.51. The average molecular weight is 370 g/mol. The Morgan fingerprint density at radius 2 is 1.73 bits per heavy atom. The fraction of sp³-hybridized carbons (Fsp3) is 0.524. The van der Waals surface area contributed by atoms with Gasteiger partial charge in [-0.2, -0.15) is 0 Å². The molecule has 1 aromatic heterocycles. The third-order valence-corrected chi connectivity index (χ3v) is 7.35. The molecule has 1 amide bonds. The summed E-state index contributed by atoms with van der Waals surface area (Å²) < 4.78 is 13.1. The number of benzene rings is 1. The maximum atomic E-state index is 13.1. The van der Waals surface area contributed by atoms with Crippen molar-refractivity contribution in [2.24, 2.45) is 23.2 Å². The van der Waals surface area contributed by atoms with E-state index in [9.17, 15) is 9.18 Å². The summed E-state index contributed by atoms with van der Waals surface area (Å²) in [5, 5.41) is 5.56. The van der Waals surface area contributed by atoms with E-state index in [1.165, 1.54) is 62.0 Å². The summed E-state index contributed by atoms with van der Waals surface area (Å²) in [7, 11) is 0. The Morgan fingerprint density at radius 1 is 1.12 bits per heavy atom. The van der Waals surface area contributed by atoms with Crippen molar-refractivity contribution in [3.63, 3.8) is 0 Å². The van der Waals surface area contributed by atoms with Crippen LogP contribution in [-0.4, -0.2) is 10.9 Å². The van der Waals surface area contributed by atoms with Crippen molar-refractivity contribution in [1.29, 1.82) is 0 Å². The van der Waals surface area contributed by atoms with Crippen LogP contribution in [0.4, 0.5) is 9.52 Å². The number of thiazole rings is 1. The van der Waals surface area contributed by atoms with Crippen molar-refractivity contribution in [1.82, 2.24) is 4.98 Å². The molecule has 1 heterocycles. The fourth-order valence-corrected chi connectivity index (χ4v) is 6.83. The highest BCUT2D eigenvalue weighted by molar-refractivity contribution is 7.14. The molecule has 0 radical (unpaired) electrons. The van der Waals surface area contributed by atoms with Crippen molar-refractivity contribution >= 4 is 22.4 Å². The Morgan fingerprint density at radius 3 is 2.35 bits per heavy atom. The molecule has 3 nitrogen and oxygen atoms in total. The molecule has 4 saturated carbocycles. The minimum Gasteiger partial charge on any atom is -0.302 e. The van der Waals surface area contributed by atoms with Gasteiger partial charge in [0.2, 0.25) is 5.91 Å². The second-order valence-electron chi connectivity index (χ2n) is 8.69. The summed E-state index contributed by atoms with van der Waals surface area (Å²) in [6.07, 6.45) is 8.56. The number of hydrogen-bond donors (Lipinski definition) is 1. The van der Waals surface area contributed by atoms with Crippen LogP contribution in [0.15, 0.2) is 29.6 Å². The zero-order valence-corrected chi connectivity index (χ0v) is 15.5. The van der Waals surface area contributed by atoms with Gasteiger partial charge in [-0.25, -0.2) is 9.37 Å². The largest absolute Gasteiger partial charge is 0.302 e. The van der Waals surface area contributed by atoms with Crippen LogP contribution in [0.5, 0.6) is 0 Å². The molecule has 0 unspecified atom stereocenters. The molecule has 4 aliphatic carbocycles. The van der Waals surface area contributed by atoms with Gasteiger partial charge in [0, 0.05) is 17.4 Å². The number of halogens is 1. The smallest absolute Gasteiger partial charge is 0.226 e. The van der Waals surface area contributed by atoms with Crippen molar-refractivity contribution in [2.45, 2.75) is 44.9 Å². The van der Waals surface area contributed by atoms with E-state index in [1.54, 1.807) is 12.1 Å². The number of nitrogens with zero attached hydrogens (tertiary/aromatic N) is 1. The summed E-state index contributed by atoms with van der Waals surface area (Å²) >= 11 is 1.43. The SMILES string of the molecule is O=C(CC12CC3CC(CC(C3)C1)C2)Nc1nc(-c2ccc(F)cc2)cs1. The lowest BCUT2D eigenvalue weighted by molar-refractivity contribution is -0.124. The Kier molecular flexibility index (Phi) is 3.89. The second-order valence-corrected chi connectivity index (χ2v) is 9.55. The first-order valence-electron chi connectivity index (χ1n) is 9.58.